The molecule has 1 aliphatic rings. The monoisotopic (exact) mass is 268 g/mol. The predicted octanol–water partition coefficient (Wildman–Crippen LogP) is 0.370. The smallest absolute Gasteiger partial charge is 0.254 e. The number of nitrogens with one attached hydrogen (secondary N) is 2. The molecule has 2 heterocycles. The summed E-state index contributed by atoms with van der Waals surface area (Å²) in [6, 6.07) is 3.38. The first-order valence-electron chi connectivity index (χ1n) is 6.09. The number of halogens is 1. The zero-order valence-corrected chi connectivity index (χ0v) is 10.9. The summed E-state index contributed by atoms with van der Waals surface area (Å²) in [5, 5.41) is 6.40. The van der Waals surface area contributed by atoms with E-state index in [2.05, 4.69) is 20.5 Å². The Morgan fingerprint density at radius 3 is 3.00 bits per heavy atom. The van der Waals surface area contributed by atoms with E-state index in [9.17, 15) is 4.79 Å². The number of piperazine rings is 1. The van der Waals surface area contributed by atoms with Crippen molar-refractivity contribution >= 4 is 17.5 Å². The van der Waals surface area contributed by atoms with Gasteiger partial charge in [0.2, 0.25) is 0 Å². The van der Waals surface area contributed by atoms with E-state index in [0.29, 0.717) is 12.1 Å². The van der Waals surface area contributed by atoms with Gasteiger partial charge in [0.15, 0.2) is 0 Å². The number of aromatic nitrogens is 1. The number of hydrogen-bond acceptors (Lipinski definition) is 4. The van der Waals surface area contributed by atoms with Gasteiger partial charge >= 0.3 is 0 Å². The molecule has 0 aromatic carbocycles. The number of carbonyl (C=O) groups is 1. The van der Waals surface area contributed by atoms with Crippen LogP contribution >= 0.6 is 11.6 Å². The highest BCUT2D eigenvalue weighted by molar-refractivity contribution is 6.32. The Balaban J connectivity index is 1.76. The molecule has 2 rings (SSSR count). The van der Waals surface area contributed by atoms with Gasteiger partial charge in [0.05, 0.1) is 5.56 Å². The van der Waals surface area contributed by atoms with Crippen molar-refractivity contribution in [2.75, 3.05) is 39.3 Å². The Labute approximate surface area is 112 Å². The minimum Gasteiger partial charge on any atom is -0.351 e. The van der Waals surface area contributed by atoms with E-state index >= 15 is 0 Å². The Morgan fingerprint density at radius 2 is 2.28 bits per heavy atom. The third kappa shape index (κ3) is 3.66. The van der Waals surface area contributed by atoms with Crippen molar-refractivity contribution in [3.8, 4) is 0 Å². The molecule has 1 aliphatic heterocycles. The average Bonchev–Trinajstić information content (AvgIpc) is 2.40. The number of amides is 1. The molecular weight excluding hydrogens is 252 g/mol. The summed E-state index contributed by atoms with van der Waals surface area (Å²) in [7, 11) is 0. The van der Waals surface area contributed by atoms with E-state index < -0.39 is 0 Å². The van der Waals surface area contributed by atoms with Gasteiger partial charge in [0.1, 0.15) is 5.15 Å². The van der Waals surface area contributed by atoms with Gasteiger partial charge in [-0.15, -0.1) is 0 Å². The van der Waals surface area contributed by atoms with E-state index in [1.54, 1.807) is 18.3 Å². The lowest BCUT2D eigenvalue weighted by molar-refractivity contribution is 0.0947. The average molecular weight is 269 g/mol. The fraction of sp³-hybridized carbons (Fsp3) is 0.500. The first-order chi connectivity index (χ1) is 8.77. The number of carbonyl (C=O) groups excluding carboxylic acids is 1. The van der Waals surface area contributed by atoms with Crippen molar-refractivity contribution in [2.45, 2.75) is 0 Å². The zero-order valence-electron chi connectivity index (χ0n) is 10.2. The third-order valence-electron chi connectivity index (χ3n) is 2.93. The van der Waals surface area contributed by atoms with Crippen LogP contribution in [0.25, 0.3) is 0 Å². The van der Waals surface area contributed by atoms with Crippen LogP contribution in [-0.2, 0) is 0 Å². The Bertz CT molecular complexity index is 407. The quantitative estimate of drug-likeness (QED) is 0.775. The summed E-state index contributed by atoms with van der Waals surface area (Å²) < 4.78 is 0. The van der Waals surface area contributed by atoms with Crippen molar-refractivity contribution in [3.05, 3.63) is 29.0 Å². The maximum atomic E-state index is 11.8. The highest BCUT2D eigenvalue weighted by Gasteiger charge is 2.12. The second kappa shape index (κ2) is 6.68. The first kappa shape index (κ1) is 13.3. The molecule has 0 unspecified atom stereocenters. The van der Waals surface area contributed by atoms with Gasteiger partial charge < -0.3 is 10.6 Å². The molecular formula is C12H17ClN4O. The minimum absolute atomic E-state index is 0.164. The molecule has 0 atom stereocenters. The maximum absolute atomic E-state index is 11.8. The molecule has 1 saturated heterocycles. The van der Waals surface area contributed by atoms with Crippen molar-refractivity contribution in [3.63, 3.8) is 0 Å². The van der Waals surface area contributed by atoms with Crippen LogP contribution in [0.3, 0.4) is 0 Å². The van der Waals surface area contributed by atoms with Gasteiger partial charge in [0, 0.05) is 45.5 Å². The van der Waals surface area contributed by atoms with Gasteiger partial charge in [0.25, 0.3) is 5.91 Å². The van der Waals surface area contributed by atoms with Gasteiger partial charge in [-0.3, -0.25) is 9.69 Å². The van der Waals surface area contributed by atoms with Crippen LogP contribution in [0.5, 0.6) is 0 Å². The molecule has 0 spiro atoms. The van der Waals surface area contributed by atoms with Crippen LogP contribution < -0.4 is 10.6 Å². The molecule has 6 heteroatoms. The molecule has 5 nitrogen and oxygen atoms in total. The van der Waals surface area contributed by atoms with Crippen LogP contribution in [0, 0.1) is 0 Å². The zero-order chi connectivity index (χ0) is 12.8. The Hall–Kier alpha value is -1.17. The molecule has 1 aromatic heterocycles. The highest BCUT2D eigenvalue weighted by Crippen LogP contribution is 2.10. The van der Waals surface area contributed by atoms with E-state index in [0.717, 1.165) is 32.7 Å². The van der Waals surface area contributed by atoms with Crippen molar-refractivity contribution in [2.24, 2.45) is 0 Å². The number of pyridine rings is 1. The molecule has 1 fully saturated rings. The second-order valence-corrected chi connectivity index (χ2v) is 4.55. The standard InChI is InChI=1S/C12H17ClN4O/c13-11-10(2-1-3-15-11)12(18)16-6-9-17-7-4-14-5-8-17/h1-3,14H,4-9H2,(H,16,18). The predicted molar refractivity (Wildman–Crippen MR) is 70.9 cm³/mol. The summed E-state index contributed by atoms with van der Waals surface area (Å²) in [4.78, 5) is 18.0. The maximum Gasteiger partial charge on any atom is 0.254 e. The number of nitrogens with zero attached hydrogens (tertiary/aromatic N) is 2. The molecule has 18 heavy (non-hydrogen) atoms. The Morgan fingerprint density at radius 1 is 1.50 bits per heavy atom. The third-order valence-corrected chi connectivity index (χ3v) is 3.23. The van der Waals surface area contributed by atoms with E-state index in [1.807, 2.05) is 0 Å². The minimum atomic E-state index is -0.164. The van der Waals surface area contributed by atoms with Crippen LogP contribution in [0.1, 0.15) is 10.4 Å². The van der Waals surface area contributed by atoms with E-state index in [4.69, 9.17) is 11.6 Å². The molecule has 1 aromatic rings. The second-order valence-electron chi connectivity index (χ2n) is 4.19. The van der Waals surface area contributed by atoms with Crippen LogP contribution in [0.2, 0.25) is 5.15 Å². The van der Waals surface area contributed by atoms with Crippen molar-refractivity contribution in [1.29, 1.82) is 0 Å². The SMILES string of the molecule is O=C(NCCN1CCNCC1)c1cccnc1Cl. The molecule has 0 radical (unpaired) electrons. The summed E-state index contributed by atoms with van der Waals surface area (Å²) in [6.45, 7) is 5.59. The van der Waals surface area contributed by atoms with Crippen LogP contribution in [0.4, 0.5) is 0 Å². The lowest BCUT2D eigenvalue weighted by Crippen LogP contribution is -2.46. The highest BCUT2D eigenvalue weighted by atomic mass is 35.5. The van der Waals surface area contributed by atoms with Crippen LogP contribution in [0.15, 0.2) is 18.3 Å². The topological polar surface area (TPSA) is 57.3 Å². The summed E-state index contributed by atoms with van der Waals surface area (Å²) >= 11 is 5.86. The van der Waals surface area contributed by atoms with Crippen molar-refractivity contribution in [1.82, 2.24) is 20.5 Å². The first-order valence-corrected chi connectivity index (χ1v) is 6.47. The van der Waals surface area contributed by atoms with Gasteiger partial charge in [-0.05, 0) is 12.1 Å². The number of hydrogen-bond donors (Lipinski definition) is 2. The van der Waals surface area contributed by atoms with Gasteiger partial charge in [-0.1, -0.05) is 11.6 Å². The van der Waals surface area contributed by atoms with Crippen molar-refractivity contribution < 1.29 is 4.79 Å². The molecule has 1 amide bonds. The Kier molecular flexibility index (Phi) is 4.92. The van der Waals surface area contributed by atoms with Crippen LogP contribution in [-0.4, -0.2) is 55.1 Å². The molecule has 0 bridgehead atoms. The van der Waals surface area contributed by atoms with Gasteiger partial charge in [-0.2, -0.15) is 0 Å². The lowest BCUT2D eigenvalue weighted by Gasteiger charge is -2.27. The lowest BCUT2D eigenvalue weighted by atomic mass is 10.2. The molecule has 2 N–H and O–H groups in total. The molecule has 0 saturated carbocycles. The largest absolute Gasteiger partial charge is 0.351 e. The normalized spacial score (nSPS) is 16.5. The fourth-order valence-electron chi connectivity index (χ4n) is 1.91. The molecule has 98 valence electrons. The summed E-state index contributed by atoms with van der Waals surface area (Å²) in [5.41, 5.74) is 0.430. The number of rotatable bonds is 4. The van der Waals surface area contributed by atoms with E-state index in [1.165, 1.54) is 0 Å². The summed E-state index contributed by atoms with van der Waals surface area (Å²) in [5.74, 6) is -0.164. The summed E-state index contributed by atoms with van der Waals surface area (Å²) in [6.07, 6.45) is 1.57. The fourth-order valence-corrected chi connectivity index (χ4v) is 2.12. The van der Waals surface area contributed by atoms with E-state index in [-0.39, 0.29) is 11.1 Å². The van der Waals surface area contributed by atoms with Gasteiger partial charge in [-0.25, -0.2) is 4.98 Å². The molecule has 0 aliphatic carbocycles.